The van der Waals surface area contributed by atoms with Gasteiger partial charge in [0, 0.05) is 29.9 Å². The first-order valence-electron chi connectivity index (χ1n) is 9.89. The molecule has 4 rings (SSSR count). The number of aromatic nitrogens is 2. The Morgan fingerprint density at radius 2 is 1.85 bits per heavy atom. The molecule has 0 N–H and O–H groups in total. The van der Waals surface area contributed by atoms with Crippen molar-refractivity contribution in [1.29, 1.82) is 0 Å². The maximum absolute atomic E-state index is 5.91. The molecule has 1 aromatic carbocycles. The van der Waals surface area contributed by atoms with Gasteiger partial charge >= 0.3 is 0 Å². The van der Waals surface area contributed by atoms with Crippen molar-refractivity contribution in [2.45, 2.75) is 26.2 Å². The van der Waals surface area contributed by atoms with Gasteiger partial charge in [-0.05, 0) is 62.9 Å². The Hall–Kier alpha value is -2.46. The Morgan fingerprint density at radius 3 is 2.67 bits per heavy atom. The van der Waals surface area contributed by atoms with Crippen molar-refractivity contribution in [1.82, 2.24) is 14.9 Å². The van der Waals surface area contributed by atoms with E-state index in [1.165, 1.54) is 24.8 Å². The fraction of sp³-hybridized carbons (Fsp3) is 0.391. The second-order valence-electron chi connectivity index (χ2n) is 7.44. The molecule has 0 spiro atoms. The fourth-order valence-corrected chi connectivity index (χ4v) is 3.90. The first-order chi connectivity index (χ1) is 13.3. The Bertz CT molecular complexity index is 873. The molecule has 3 aromatic rings. The lowest BCUT2D eigenvalue weighted by Crippen LogP contribution is -2.37. The highest BCUT2D eigenvalue weighted by molar-refractivity contribution is 5.80. The number of hydrogen-bond donors (Lipinski definition) is 0. The molecule has 0 amide bonds. The van der Waals surface area contributed by atoms with Crippen molar-refractivity contribution >= 4 is 10.9 Å². The number of rotatable bonds is 6. The summed E-state index contributed by atoms with van der Waals surface area (Å²) in [5, 5.41) is 1.09. The van der Waals surface area contributed by atoms with E-state index in [9.17, 15) is 0 Å². The third kappa shape index (κ3) is 4.64. The number of likely N-dealkylation sites (tertiary alicyclic amines) is 1. The molecule has 27 heavy (non-hydrogen) atoms. The maximum atomic E-state index is 5.91. The van der Waals surface area contributed by atoms with Gasteiger partial charge in [-0.2, -0.15) is 0 Å². The van der Waals surface area contributed by atoms with Gasteiger partial charge in [-0.3, -0.25) is 9.88 Å². The number of fused-ring (bicyclic) bond motifs is 1. The molecule has 3 heterocycles. The molecule has 1 fully saturated rings. The first kappa shape index (κ1) is 17.9. The molecule has 0 unspecified atom stereocenters. The van der Waals surface area contributed by atoms with Gasteiger partial charge in [0.15, 0.2) is 0 Å². The highest BCUT2D eigenvalue weighted by Crippen LogP contribution is 2.22. The number of piperidine rings is 1. The van der Waals surface area contributed by atoms with E-state index in [4.69, 9.17) is 4.74 Å². The minimum atomic E-state index is 0.686. The van der Waals surface area contributed by atoms with Crippen molar-refractivity contribution in [2.24, 2.45) is 5.92 Å². The zero-order valence-corrected chi connectivity index (χ0v) is 16.0. The number of aryl methyl sites for hydroxylation is 1. The van der Waals surface area contributed by atoms with Crippen LogP contribution in [0.2, 0.25) is 0 Å². The smallest absolute Gasteiger partial charge is 0.213 e. The minimum Gasteiger partial charge on any atom is -0.476 e. The van der Waals surface area contributed by atoms with Crippen molar-refractivity contribution in [3.63, 3.8) is 0 Å². The Balaban J connectivity index is 1.22. The monoisotopic (exact) mass is 361 g/mol. The van der Waals surface area contributed by atoms with Gasteiger partial charge < -0.3 is 4.74 Å². The van der Waals surface area contributed by atoms with E-state index < -0.39 is 0 Å². The molecule has 0 bridgehead atoms. The van der Waals surface area contributed by atoms with Gasteiger partial charge in [-0.25, -0.2) is 4.98 Å². The molecule has 140 valence electrons. The lowest BCUT2D eigenvalue weighted by atomic mass is 9.90. The molecular formula is C23H27N3O. The van der Waals surface area contributed by atoms with Gasteiger partial charge in [0.2, 0.25) is 5.88 Å². The maximum Gasteiger partial charge on any atom is 0.213 e. The summed E-state index contributed by atoms with van der Waals surface area (Å²) in [5.74, 6) is 1.51. The largest absolute Gasteiger partial charge is 0.476 e. The van der Waals surface area contributed by atoms with Gasteiger partial charge in [-0.1, -0.05) is 30.3 Å². The Kier molecular flexibility index (Phi) is 5.64. The van der Waals surface area contributed by atoms with Crippen LogP contribution in [0.1, 0.15) is 24.1 Å². The van der Waals surface area contributed by atoms with Crippen LogP contribution in [0.15, 0.2) is 54.7 Å². The summed E-state index contributed by atoms with van der Waals surface area (Å²) in [7, 11) is 0. The molecule has 0 aliphatic carbocycles. The minimum absolute atomic E-state index is 0.686. The van der Waals surface area contributed by atoms with E-state index in [0.29, 0.717) is 12.5 Å². The normalized spacial score (nSPS) is 15.9. The molecule has 1 aliphatic heterocycles. The van der Waals surface area contributed by atoms with Crippen molar-refractivity contribution in [2.75, 3.05) is 26.2 Å². The van der Waals surface area contributed by atoms with Crippen LogP contribution in [0.3, 0.4) is 0 Å². The van der Waals surface area contributed by atoms with E-state index in [1.54, 1.807) is 6.20 Å². The van der Waals surface area contributed by atoms with Crippen LogP contribution in [0, 0.1) is 12.8 Å². The van der Waals surface area contributed by atoms with E-state index >= 15 is 0 Å². The van der Waals surface area contributed by atoms with Gasteiger partial charge in [0.05, 0.1) is 5.52 Å². The quantitative estimate of drug-likeness (QED) is 0.657. The van der Waals surface area contributed by atoms with Crippen LogP contribution in [0.5, 0.6) is 5.88 Å². The molecule has 0 radical (unpaired) electrons. The molecule has 4 nitrogen and oxygen atoms in total. The molecule has 1 aliphatic rings. The second-order valence-corrected chi connectivity index (χ2v) is 7.44. The van der Waals surface area contributed by atoms with Gasteiger partial charge in [0.1, 0.15) is 6.61 Å². The third-order valence-corrected chi connectivity index (χ3v) is 5.52. The third-order valence-electron chi connectivity index (χ3n) is 5.52. The fourth-order valence-electron chi connectivity index (χ4n) is 3.90. The van der Waals surface area contributed by atoms with Crippen molar-refractivity contribution in [3.05, 3.63) is 66.0 Å². The highest BCUT2D eigenvalue weighted by atomic mass is 16.5. The average Bonchev–Trinajstić information content (AvgIpc) is 2.70. The highest BCUT2D eigenvalue weighted by Gasteiger charge is 2.19. The lowest BCUT2D eigenvalue weighted by Gasteiger charge is -2.31. The molecule has 0 saturated carbocycles. The van der Waals surface area contributed by atoms with E-state index in [0.717, 1.165) is 42.1 Å². The number of benzene rings is 1. The van der Waals surface area contributed by atoms with Crippen LogP contribution in [0.25, 0.3) is 10.9 Å². The summed E-state index contributed by atoms with van der Waals surface area (Å²) in [5.41, 5.74) is 3.42. The molecule has 0 atom stereocenters. The standard InChI is InChI=1S/C23H27N3O/c1-18-21-7-8-23(25-22(21)9-12-24-18)27-16-15-26-13-10-20(11-14-26)17-19-5-3-2-4-6-19/h2-9,12,20H,10-11,13-17H2,1H3. The summed E-state index contributed by atoms with van der Waals surface area (Å²) in [6.45, 7) is 5.98. The molecule has 4 heteroatoms. The predicted molar refractivity (Wildman–Crippen MR) is 109 cm³/mol. The van der Waals surface area contributed by atoms with Crippen LogP contribution in [-0.2, 0) is 6.42 Å². The predicted octanol–water partition coefficient (Wildman–Crippen LogP) is 4.27. The summed E-state index contributed by atoms with van der Waals surface area (Å²) in [6.07, 6.45) is 5.55. The van der Waals surface area contributed by atoms with Crippen molar-refractivity contribution in [3.8, 4) is 5.88 Å². The molecule has 1 saturated heterocycles. The zero-order chi connectivity index (χ0) is 18.5. The average molecular weight is 361 g/mol. The summed E-state index contributed by atoms with van der Waals surface area (Å²) in [4.78, 5) is 11.4. The van der Waals surface area contributed by atoms with Crippen LogP contribution >= 0.6 is 0 Å². The van der Waals surface area contributed by atoms with E-state index in [-0.39, 0.29) is 0 Å². The Labute approximate surface area is 161 Å². The number of nitrogens with zero attached hydrogens (tertiary/aromatic N) is 3. The summed E-state index contributed by atoms with van der Waals surface area (Å²) >= 11 is 0. The zero-order valence-electron chi connectivity index (χ0n) is 16.0. The topological polar surface area (TPSA) is 38.3 Å². The van der Waals surface area contributed by atoms with Crippen molar-refractivity contribution < 1.29 is 4.74 Å². The van der Waals surface area contributed by atoms with E-state index in [2.05, 4.69) is 51.3 Å². The lowest BCUT2D eigenvalue weighted by molar-refractivity contribution is 0.153. The Morgan fingerprint density at radius 1 is 1.04 bits per heavy atom. The SMILES string of the molecule is Cc1nccc2nc(OCCN3CCC(Cc4ccccc4)CC3)ccc12. The van der Waals surface area contributed by atoms with Gasteiger partial charge in [-0.15, -0.1) is 0 Å². The number of pyridine rings is 2. The summed E-state index contributed by atoms with van der Waals surface area (Å²) in [6, 6.07) is 16.8. The first-order valence-corrected chi connectivity index (χ1v) is 9.89. The number of ether oxygens (including phenoxy) is 1. The summed E-state index contributed by atoms with van der Waals surface area (Å²) < 4.78 is 5.91. The molecular weight excluding hydrogens is 334 g/mol. The van der Waals surface area contributed by atoms with Crippen LogP contribution in [-0.4, -0.2) is 41.1 Å². The van der Waals surface area contributed by atoms with E-state index in [1.807, 2.05) is 19.1 Å². The molecule has 2 aromatic heterocycles. The van der Waals surface area contributed by atoms with Gasteiger partial charge in [0.25, 0.3) is 0 Å². The second kappa shape index (κ2) is 8.49. The van der Waals surface area contributed by atoms with Crippen LogP contribution < -0.4 is 4.74 Å². The number of hydrogen-bond acceptors (Lipinski definition) is 4. The van der Waals surface area contributed by atoms with Crippen LogP contribution in [0.4, 0.5) is 0 Å².